The molecule has 0 saturated heterocycles. The van der Waals surface area contributed by atoms with Gasteiger partial charge in [0.2, 0.25) is 0 Å². The Morgan fingerprint density at radius 3 is 1.57 bits per heavy atom. The Morgan fingerprint density at radius 1 is 0.357 bits per heavy atom. The molecule has 0 amide bonds. The van der Waals surface area contributed by atoms with Crippen LogP contribution >= 0.6 is 15.9 Å². The van der Waals surface area contributed by atoms with E-state index < -0.39 is 0 Å². The molecule has 0 saturated carbocycles. The number of halogens is 1. The van der Waals surface area contributed by atoms with Crippen molar-refractivity contribution in [1.29, 1.82) is 0 Å². The molecular weight excluding hydrogens is 574 g/mol. The predicted octanol–water partition coefficient (Wildman–Crippen LogP) is 12.2. The minimum absolute atomic E-state index is 1.11. The molecule has 8 rings (SSSR count). The molecule has 2 heteroatoms. The van der Waals surface area contributed by atoms with Gasteiger partial charge in [-0.25, -0.2) is 0 Å². The summed E-state index contributed by atoms with van der Waals surface area (Å²) in [6, 6.07) is 57.0. The lowest BCUT2D eigenvalue weighted by Gasteiger charge is -2.29. The van der Waals surface area contributed by atoms with Crippen molar-refractivity contribution in [2.24, 2.45) is 0 Å². The lowest BCUT2D eigenvalue weighted by Crippen LogP contribution is -2.11. The molecule has 8 aromatic rings. The van der Waals surface area contributed by atoms with Crippen molar-refractivity contribution in [3.8, 4) is 11.1 Å². The van der Waals surface area contributed by atoms with E-state index in [0.717, 1.165) is 15.8 Å². The maximum atomic E-state index is 3.77. The predicted molar refractivity (Wildman–Crippen MR) is 184 cm³/mol. The van der Waals surface area contributed by atoms with E-state index in [9.17, 15) is 0 Å². The molecule has 0 aliphatic rings. The third-order valence-corrected chi connectivity index (χ3v) is 9.00. The number of rotatable bonds is 4. The topological polar surface area (TPSA) is 3.24 Å². The summed E-state index contributed by atoms with van der Waals surface area (Å²) in [6.07, 6.45) is 0. The van der Waals surface area contributed by atoms with Crippen LogP contribution in [0, 0.1) is 0 Å². The smallest absolute Gasteiger partial charge is 0.0546 e. The van der Waals surface area contributed by atoms with Gasteiger partial charge >= 0.3 is 0 Å². The lowest BCUT2D eigenvalue weighted by atomic mass is 9.92. The number of hydrogen-bond donors (Lipinski definition) is 0. The molecule has 0 radical (unpaired) electrons. The fourth-order valence-corrected chi connectivity index (χ4v) is 6.89. The maximum Gasteiger partial charge on any atom is 0.0546 e. The summed E-state index contributed by atoms with van der Waals surface area (Å²) in [6.45, 7) is 0. The van der Waals surface area contributed by atoms with Crippen molar-refractivity contribution >= 4 is 76.1 Å². The first-order chi connectivity index (χ1) is 20.8. The zero-order valence-electron chi connectivity index (χ0n) is 22.8. The first-order valence-corrected chi connectivity index (χ1v) is 15.0. The molecular formula is C40H26BrN. The minimum Gasteiger partial charge on any atom is -0.309 e. The molecule has 0 atom stereocenters. The normalized spacial score (nSPS) is 11.5. The summed E-state index contributed by atoms with van der Waals surface area (Å²) in [5.74, 6) is 0. The van der Waals surface area contributed by atoms with Crippen LogP contribution in [0.3, 0.4) is 0 Å². The molecule has 0 fully saturated rings. The third-order valence-electron chi connectivity index (χ3n) is 8.30. The number of hydrogen-bond acceptors (Lipinski definition) is 1. The van der Waals surface area contributed by atoms with E-state index in [1.165, 1.54) is 59.9 Å². The van der Waals surface area contributed by atoms with E-state index in [-0.39, 0.29) is 0 Å². The molecule has 0 N–H and O–H groups in total. The number of fused-ring (bicyclic) bond motifs is 5. The van der Waals surface area contributed by atoms with Crippen molar-refractivity contribution < 1.29 is 0 Å². The highest BCUT2D eigenvalue weighted by molar-refractivity contribution is 9.10. The number of para-hydroxylation sites is 1. The van der Waals surface area contributed by atoms with Gasteiger partial charge in [-0.2, -0.15) is 0 Å². The molecule has 0 aliphatic heterocycles. The Bertz CT molecular complexity index is 2270. The number of benzene rings is 8. The van der Waals surface area contributed by atoms with Crippen LogP contribution in [0.25, 0.3) is 54.2 Å². The van der Waals surface area contributed by atoms with E-state index >= 15 is 0 Å². The van der Waals surface area contributed by atoms with Crippen LogP contribution in [0.1, 0.15) is 0 Å². The second-order valence-electron chi connectivity index (χ2n) is 10.7. The number of anilines is 3. The second kappa shape index (κ2) is 10.2. The molecule has 8 aromatic carbocycles. The van der Waals surface area contributed by atoms with Crippen LogP contribution in [0.4, 0.5) is 17.1 Å². The Kier molecular flexibility index (Phi) is 6.01. The van der Waals surface area contributed by atoms with Crippen LogP contribution in [-0.4, -0.2) is 0 Å². The lowest BCUT2D eigenvalue weighted by molar-refractivity contribution is 1.32. The average molecular weight is 601 g/mol. The van der Waals surface area contributed by atoms with Crippen molar-refractivity contribution in [3.05, 3.63) is 162 Å². The zero-order valence-corrected chi connectivity index (χ0v) is 24.4. The minimum atomic E-state index is 1.11. The molecule has 42 heavy (non-hydrogen) atoms. The number of nitrogens with zero attached hydrogens (tertiary/aromatic N) is 1. The van der Waals surface area contributed by atoms with Gasteiger partial charge in [0.05, 0.1) is 11.4 Å². The van der Waals surface area contributed by atoms with Gasteiger partial charge in [0.15, 0.2) is 0 Å². The monoisotopic (exact) mass is 599 g/mol. The van der Waals surface area contributed by atoms with E-state index in [1.54, 1.807) is 0 Å². The summed E-state index contributed by atoms with van der Waals surface area (Å²) in [4.78, 5) is 2.43. The Hall–Kier alpha value is -4.92. The van der Waals surface area contributed by atoms with Crippen molar-refractivity contribution in [3.63, 3.8) is 0 Å². The van der Waals surface area contributed by atoms with Gasteiger partial charge in [-0.3, -0.25) is 0 Å². The van der Waals surface area contributed by atoms with Gasteiger partial charge in [-0.05, 0) is 73.8 Å². The summed E-state index contributed by atoms with van der Waals surface area (Å²) in [7, 11) is 0. The van der Waals surface area contributed by atoms with E-state index in [2.05, 4.69) is 179 Å². The van der Waals surface area contributed by atoms with E-state index in [4.69, 9.17) is 0 Å². The van der Waals surface area contributed by atoms with E-state index in [0.29, 0.717) is 0 Å². The van der Waals surface area contributed by atoms with Gasteiger partial charge in [-0.1, -0.05) is 143 Å². The maximum absolute atomic E-state index is 3.77. The third kappa shape index (κ3) is 3.99. The first kappa shape index (κ1) is 24.8. The first-order valence-electron chi connectivity index (χ1n) is 14.2. The van der Waals surface area contributed by atoms with Crippen LogP contribution in [0.5, 0.6) is 0 Å². The fraction of sp³-hybridized carbons (Fsp3) is 0. The molecule has 0 aromatic heterocycles. The molecule has 0 bridgehead atoms. The quantitative estimate of drug-likeness (QED) is 0.182. The van der Waals surface area contributed by atoms with Crippen molar-refractivity contribution in [1.82, 2.24) is 0 Å². The zero-order chi connectivity index (χ0) is 28.0. The summed E-state index contributed by atoms with van der Waals surface area (Å²) < 4.78 is 1.11. The van der Waals surface area contributed by atoms with Crippen molar-refractivity contribution in [2.45, 2.75) is 0 Å². The Morgan fingerprint density at radius 2 is 0.857 bits per heavy atom. The Balaban J connectivity index is 1.44. The van der Waals surface area contributed by atoms with Crippen LogP contribution in [0.15, 0.2) is 162 Å². The highest BCUT2D eigenvalue weighted by Crippen LogP contribution is 2.46. The standard InChI is InChI=1S/C40H26BrN/c41-38-24-22-33(31-17-6-9-19-35(31)38)34-23-25-39(36-20-10-8-18-32(34)36)42(28-13-2-1-3-14-28)40-26-27-12-4-5-15-29(27)30-16-7-11-21-37(30)40/h1-26H. The van der Waals surface area contributed by atoms with Crippen LogP contribution in [-0.2, 0) is 0 Å². The molecule has 0 heterocycles. The van der Waals surface area contributed by atoms with E-state index in [1.807, 2.05) is 0 Å². The molecule has 1 nitrogen and oxygen atoms in total. The largest absolute Gasteiger partial charge is 0.309 e. The molecule has 198 valence electrons. The van der Waals surface area contributed by atoms with Crippen LogP contribution < -0.4 is 4.90 Å². The summed E-state index contributed by atoms with van der Waals surface area (Å²) in [5, 5.41) is 9.89. The van der Waals surface area contributed by atoms with Gasteiger partial charge in [0.1, 0.15) is 0 Å². The molecule has 0 spiro atoms. The average Bonchev–Trinajstić information content (AvgIpc) is 3.06. The second-order valence-corrected chi connectivity index (χ2v) is 11.5. The molecule has 0 aliphatic carbocycles. The summed E-state index contributed by atoms with van der Waals surface area (Å²) in [5.41, 5.74) is 5.92. The van der Waals surface area contributed by atoms with Gasteiger partial charge in [0.25, 0.3) is 0 Å². The summed E-state index contributed by atoms with van der Waals surface area (Å²) >= 11 is 3.77. The highest BCUT2D eigenvalue weighted by atomic mass is 79.9. The highest BCUT2D eigenvalue weighted by Gasteiger charge is 2.20. The fourth-order valence-electron chi connectivity index (χ4n) is 6.41. The van der Waals surface area contributed by atoms with Gasteiger partial charge < -0.3 is 4.90 Å². The SMILES string of the molecule is Brc1ccc(-c2ccc(N(c3ccccc3)c3cc4ccccc4c4ccccc34)c3ccccc23)c2ccccc12. The molecule has 0 unspecified atom stereocenters. The van der Waals surface area contributed by atoms with Crippen molar-refractivity contribution in [2.75, 3.05) is 4.90 Å². The van der Waals surface area contributed by atoms with Gasteiger partial charge in [0, 0.05) is 20.9 Å². The Labute approximate surface area is 253 Å². The van der Waals surface area contributed by atoms with Crippen LogP contribution in [0.2, 0.25) is 0 Å². The van der Waals surface area contributed by atoms with Gasteiger partial charge in [-0.15, -0.1) is 0 Å².